The van der Waals surface area contributed by atoms with Gasteiger partial charge in [0.15, 0.2) is 0 Å². The Labute approximate surface area is 129 Å². The van der Waals surface area contributed by atoms with Crippen LogP contribution in [0, 0.1) is 10.5 Å². The van der Waals surface area contributed by atoms with E-state index in [1.165, 1.54) is 14.9 Å². The average Bonchev–Trinajstić information content (AvgIpc) is 2.79. The molecular formula is C13H13IN2O2S. The molecule has 2 aromatic rings. The number of amides is 1. The van der Waals surface area contributed by atoms with Crippen LogP contribution in [0.1, 0.15) is 20.1 Å². The number of rotatable bonds is 4. The number of halogens is 1. The summed E-state index contributed by atoms with van der Waals surface area (Å²) in [6, 6.07) is 9.65. The van der Waals surface area contributed by atoms with Crippen molar-refractivity contribution in [3.63, 3.8) is 0 Å². The number of nitrogens with two attached hydrogens (primary N) is 1. The molecule has 0 radical (unpaired) electrons. The second kappa shape index (κ2) is 6.36. The second-order valence-corrected chi connectivity index (χ2v) is 6.41. The Hall–Kier alpha value is -1.12. The maximum Gasteiger partial charge on any atom is 0.275 e. The van der Waals surface area contributed by atoms with Gasteiger partial charge in [0.25, 0.3) is 5.91 Å². The molecule has 0 saturated carbocycles. The van der Waals surface area contributed by atoms with Crippen molar-refractivity contribution >= 4 is 39.8 Å². The van der Waals surface area contributed by atoms with Crippen molar-refractivity contribution < 1.29 is 9.53 Å². The fraction of sp³-hybridized carbons (Fsp3) is 0.154. The number of ether oxygens (including phenoxy) is 1. The normalized spacial score (nSPS) is 10.3. The molecule has 0 aliphatic rings. The molecule has 4 nitrogen and oxygen atoms in total. The number of nitrogens with one attached hydrogen (secondary N) is 1. The van der Waals surface area contributed by atoms with Gasteiger partial charge < -0.3 is 4.74 Å². The number of hydrazine groups is 1. The summed E-state index contributed by atoms with van der Waals surface area (Å²) in [5, 5.41) is 0. The lowest BCUT2D eigenvalue weighted by Gasteiger charge is -2.05. The summed E-state index contributed by atoms with van der Waals surface area (Å²) in [5.74, 6) is 5.66. The van der Waals surface area contributed by atoms with E-state index in [1.54, 1.807) is 0 Å². The van der Waals surface area contributed by atoms with Crippen LogP contribution >= 0.6 is 33.9 Å². The van der Waals surface area contributed by atoms with Gasteiger partial charge >= 0.3 is 0 Å². The zero-order valence-corrected chi connectivity index (χ0v) is 13.2. The lowest BCUT2D eigenvalue weighted by atomic mass is 10.2. The van der Waals surface area contributed by atoms with E-state index >= 15 is 0 Å². The number of hydrogen-bond acceptors (Lipinski definition) is 4. The Morgan fingerprint density at radius 2 is 2.11 bits per heavy atom. The van der Waals surface area contributed by atoms with Gasteiger partial charge in [-0.25, -0.2) is 5.84 Å². The molecule has 1 aromatic carbocycles. The van der Waals surface area contributed by atoms with E-state index in [4.69, 9.17) is 10.6 Å². The Morgan fingerprint density at radius 3 is 2.74 bits per heavy atom. The van der Waals surface area contributed by atoms with Crippen LogP contribution in [0.4, 0.5) is 0 Å². The highest BCUT2D eigenvalue weighted by atomic mass is 127. The summed E-state index contributed by atoms with van der Waals surface area (Å²) in [5.41, 5.74) is 3.13. The van der Waals surface area contributed by atoms with E-state index < -0.39 is 0 Å². The smallest absolute Gasteiger partial charge is 0.275 e. The predicted molar refractivity (Wildman–Crippen MR) is 84.2 cm³/mol. The fourth-order valence-corrected chi connectivity index (χ4v) is 2.83. The van der Waals surface area contributed by atoms with Crippen molar-refractivity contribution in [2.45, 2.75) is 13.5 Å². The molecule has 0 spiro atoms. The molecule has 6 heteroatoms. The largest absolute Gasteiger partial charge is 0.489 e. The first kappa shape index (κ1) is 14.3. The van der Waals surface area contributed by atoms with Crippen LogP contribution in [0.2, 0.25) is 0 Å². The van der Waals surface area contributed by atoms with E-state index in [0.717, 1.165) is 16.2 Å². The molecule has 0 atom stereocenters. The summed E-state index contributed by atoms with van der Waals surface area (Å²) in [7, 11) is 0. The van der Waals surface area contributed by atoms with Crippen LogP contribution in [0.3, 0.4) is 0 Å². The number of nitrogen functional groups attached to an aromatic ring is 1. The van der Waals surface area contributed by atoms with Gasteiger partial charge in [-0.3, -0.25) is 10.2 Å². The van der Waals surface area contributed by atoms with Gasteiger partial charge in [0.05, 0.1) is 4.88 Å². The van der Waals surface area contributed by atoms with Crippen LogP contribution < -0.4 is 16.0 Å². The van der Waals surface area contributed by atoms with E-state index in [1.807, 2.05) is 37.3 Å². The molecule has 0 fully saturated rings. The summed E-state index contributed by atoms with van der Waals surface area (Å²) in [6.45, 7) is 2.41. The minimum Gasteiger partial charge on any atom is -0.489 e. The third-order valence-electron chi connectivity index (χ3n) is 2.58. The van der Waals surface area contributed by atoms with E-state index in [2.05, 4.69) is 28.0 Å². The van der Waals surface area contributed by atoms with Crippen LogP contribution in [-0.2, 0) is 6.61 Å². The first-order chi connectivity index (χ1) is 9.10. The summed E-state index contributed by atoms with van der Waals surface area (Å²) in [4.78, 5) is 13.1. The maximum atomic E-state index is 11.4. The zero-order chi connectivity index (χ0) is 13.8. The van der Waals surface area contributed by atoms with Gasteiger partial charge in [-0.05, 0) is 59.8 Å². The van der Waals surface area contributed by atoms with Gasteiger partial charge in [-0.15, -0.1) is 11.3 Å². The van der Waals surface area contributed by atoms with E-state index in [-0.39, 0.29) is 5.91 Å². The molecule has 1 heterocycles. The summed E-state index contributed by atoms with van der Waals surface area (Å²) >= 11 is 3.66. The van der Waals surface area contributed by atoms with Gasteiger partial charge in [0.1, 0.15) is 12.4 Å². The molecule has 19 heavy (non-hydrogen) atoms. The van der Waals surface area contributed by atoms with Gasteiger partial charge in [0, 0.05) is 14.0 Å². The quantitative estimate of drug-likeness (QED) is 0.367. The van der Waals surface area contributed by atoms with Crippen LogP contribution in [0.5, 0.6) is 5.75 Å². The highest BCUT2D eigenvalue weighted by Gasteiger charge is 2.11. The molecule has 100 valence electrons. The van der Waals surface area contributed by atoms with E-state index in [9.17, 15) is 4.79 Å². The molecule has 3 N–H and O–H groups in total. The van der Waals surface area contributed by atoms with Crippen molar-refractivity contribution in [2.24, 2.45) is 5.84 Å². The van der Waals surface area contributed by atoms with Crippen LogP contribution in [-0.4, -0.2) is 5.91 Å². The molecule has 0 saturated heterocycles. The Kier molecular flexibility index (Phi) is 4.78. The summed E-state index contributed by atoms with van der Waals surface area (Å²) in [6.07, 6.45) is 0. The Bertz CT molecular complexity index is 581. The average molecular weight is 388 g/mol. The molecule has 0 aliphatic heterocycles. The van der Waals surface area contributed by atoms with Gasteiger partial charge in [0.2, 0.25) is 0 Å². The molecular weight excluding hydrogens is 375 g/mol. The Morgan fingerprint density at radius 1 is 1.42 bits per heavy atom. The van der Waals surface area contributed by atoms with Crippen molar-refractivity contribution in [2.75, 3.05) is 0 Å². The third-order valence-corrected chi connectivity index (χ3v) is 4.39. The highest BCUT2D eigenvalue weighted by molar-refractivity contribution is 14.1. The fourth-order valence-electron chi connectivity index (χ4n) is 1.54. The van der Waals surface area contributed by atoms with Gasteiger partial charge in [-0.2, -0.15) is 0 Å². The van der Waals surface area contributed by atoms with E-state index in [0.29, 0.717) is 11.5 Å². The Balaban J connectivity index is 2.05. The van der Waals surface area contributed by atoms with Crippen LogP contribution in [0.25, 0.3) is 0 Å². The minimum absolute atomic E-state index is 0.270. The van der Waals surface area contributed by atoms with Crippen molar-refractivity contribution in [1.82, 2.24) is 5.43 Å². The molecule has 1 amide bonds. The number of aryl methyl sites for hydroxylation is 1. The number of benzene rings is 1. The number of thiophene rings is 1. The molecule has 0 bridgehead atoms. The monoisotopic (exact) mass is 388 g/mol. The molecule has 0 aliphatic carbocycles. The van der Waals surface area contributed by atoms with Crippen molar-refractivity contribution in [3.05, 3.63) is 49.2 Å². The van der Waals surface area contributed by atoms with Gasteiger partial charge in [-0.1, -0.05) is 0 Å². The minimum atomic E-state index is -0.270. The lowest BCUT2D eigenvalue weighted by molar-refractivity contribution is 0.0957. The molecule has 0 unspecified atom stereocenters. The summed E-state index contributed by atoms with van der Waals surface area (Å²) < 4.78 is 6.86. The maximum absolute atomic E-state index is 11.4. The standard InChI is InChI=1S/C13H13IN2O2S/c1-8-9(6-12(19-8)13(17)16-15)7-18-11-4-2-10(14)3-5-11/h2-6H,7,15H2,1H3,(H,16,17). The first-order valence-corrected chi connectivity index (χ1v) is 7.48. The molecule has 1 aromatic heterocycles. The second-order valence-electron chi connectivity index (χ2n) is 3.91. The van der Waals surface area contributed by atoms with Crippen LogP contribution in [0.15, 0.2) is 30.3 Å². The predicted octanol–water partition coefficient (Wildman–Crippen LogP) is 2.84. The third kappa shape index (κ3) is 3.68. The zero-order valence-electron chi connectivity index (χ0n) is 10.3. The van der Waals surface area contributed by atoms with Crippen molar-refractivity contribution in [3.8, 4) is 5.75 Å². The lowest BCUT2D eigenvalue weighted by Crippen LogP contribution is -2.29. The highest BCUT2D eigenvalue weighted by Crippen LogP contribution is 2.23. The topological polar surface area (TPSA) is 64.4 Å². The first-order valence-electron chi connectivity index (χ1n) is 5.59. The number of carbonyl (C=O) groups is 1. The number of carbonyl (C=O) groups excluding carboxylic acids is 1. The van der Waals surface area contributed by atoms with Crippen molar-refractivity contribution in [1.29, 1.82) is 0 Å². The number of hydrogen-bond donors (Lipinski definition) is 2. The molecule has 2 rings (SSSR count). The SMILES string of the molecule is Cc1sc(C(=O)NN)cc1COc1ccc(I)cc1.